The lowest BCUT2D eigenvalue weighted by atomic mass is 10.1. The molecule has 1 aromatic rings. The van der Waals surface area contributed by atoms with Crippen molar-refractivity contribution < 1.29 is 9.53 Å². The van der Waals surface area contributed by atoms with Crippen molar-refractivity contribution in [1.29, 1.82) is 0 Å². The van der Waals surface area contributed by atoms with Gasteiger partial charge < -0.3 is 15.4 Å². The molecule has 0 aliphatic carbocycles. The summed E-state index contributed by atoms with van der Waals surface area (Å²) in [6.45, 7) is 6.06. The first kappa shape index (κ1) is 15.0. The molecular formula is C13H19ClN2O2. The van der Waals surface area contributed by atoms with Gasteiger partial charge in [0.15, 0.2) is 0 Å². The molecule has 0 bridgehead atoms. The van der Waals surface area contributed by atoms with Gasteiger partial charge in [0.25, 0.3) is 5.91 Å². The molecular weight excluding hydrogens is 252 g/mol. The Morgan fingerprint density at radius 2 is 2.17 bits per heavy atom. The summed E-state index contributed by atoms with van der Waals surface area (Å²) in [4.78, 5) is 11.9. The Hall–Kier alpha value is -1.10. The van der Waals surface area contributed by atoms with Gasteiger partial charge in [0.2, 0.25) is 0 Å². The Morgan fingerprint density at radius 1 is 1.39 bits per heavy atom. The molecule has 0 radical (unpaired) electrons. The van der Waals surface area contributed by atoms with Crippen molar-refractivity contribution >= 4 is 24.0 Å². The predicted octanol–water partition coefficient (Wildman–Crippen LogP) is 1.65. The van der Waals surface area contributed by atoms with E-state index in [-0.39, 0.29) is 24.4 Å². The summed E-state index contributed by atoms with van der Waals surface area (Å²) in [6, 6.07) is 5.89. The molecule has 5 heteroatoms. The van der Waals surface area contributed by atoms with Gasteiger partial charge in [-0.05, 0) is 37.1 Å². The van der Waals surface area contributed by atoms with Gasteiger partial charge in [-0.3, -0.25) is 4.79 Å². The normalized spacial score (nSPS) is 18.9. The van der Waals surface area contributed by atoms with Gasteiger partial charge >= 0.3 is 0 Å². The Bertz CT molecular complexity index is 417. The van der Waals surface area contributed by atoms with Crippen LogP contribution in [0.5, 0.6) is 0 Å². The van der Waals surface area contributed by atoms with Crippen LogP contribution in [-0.2, 0) is 9.53 Å². The number of halogens is 1. The van der Waals surface area contributed by atoms with Crippen LogP contribution in [0.1, 0.15) is 11.1 Å². The molecule has 1 fully saturated rings. The number of benzene rings is 1. The van der Waals surface area contributed by atoms with E-state index in [1.54, 1.807) is 0 Å². The van der Waals surface area contributed by atoms with Crippen LogP contribution in [-0.4, -0.2) is 31.7 Å². The van der Waals surface area contributed by atoms with Gasteiger partial charge in [-0.25, -0.2) is 0 Å². The summed E-state index contributed by atoms with van der Waals surface area (Å²) in [7, 11) is 0. The number of aryl methyl sites for hydroxylation is 2. The minimum Gasteiger partial charge on any atom is -0.366 e. The number of carbonyl (C=O) groups is 1. The molecule has 2 rings (SSSR count). The lowest BCUT2D eigenvalue weighted by Gasteiger charge is -2.22. The van der Waals surface area contributed by atoms with E-state index in [1.165, 1.54) is 11.1 Å². The Labute approximate surface area is 114 Å². The van der Waals surface area contributed by atoms with Crippen LogP contribution in [0.25, 0.3) is 0 Å². The molecule has 1 atom stereocenters. The van der Waals surface area contributed by atoms with Crippen molar-refractivity contribution in [3.8, 4) is 0 Å². The molecule has 1 saturated heterocycles. The fraction of sp³-hybridized carbons (Fsp3) is 0.462. The SMILES string of the molecule is Cc1ccc(NC(=O)C2CNCCO2)cc1C.Cl. The highest BCUT2D eigenvalue weighted by Crippen LogP contribution is 2.14. The minimum absolute atomic E-state index is 0. The largest absolute Gasteiger partial charge is 0.366 e. The van der Waals surface area contributed by atoms with Crippen LogP contribution < -0.4 is 10.6 Å². The fourth-order valence-corrected chi connectivity index (χ4v) is 1.78. The predicted molar refractivity (Wildman–Crippen MR) is 74.4 cm³/mol. The number of anilines is 1. The molecule has 100 valence electrons. The number of rotatable bonds is 2. The second-order valence-electron chi connectivity index (χ2n) is 4.35. The molecule has 1 amide bonds. The van der Waals surface area contributed by atoms with Crippen molar-refractivity contribution in [2.45, 2.75) is 20.0 Å². The number of hydrogen-bond donors (Lipinski definition) is 2. The topological polar surface area (TPSA) is 50.4 Å². The van der Waals surface area contributed by atoms with Gasteiger partial charge in [-0.1, -0.05) is 6.07 Å². The van der Waals surface area contributed by atoms with E-state index in [0.717, 1.165) is 12.2 Å². The monoisotopic (exact) mass is 270 g/mol. The minimum atomic E-state index is -0.384. The molecule has 0 spiro atoms. The molecule has 4 nitrogen and oxygen atoms in total. The third kappa shape index (κ3) is 3.70. The smallest absolute Gasteiger partial charge is 0.254 e. The Morgan fingerprint density at radius 3 is 2.78 bits per heavy atom. The van der Waals surface area contributed by atoms with Gasteiger partial charge in [-0.15, -0.1) is 12.4 Å². The van der Waals surface area contributed by atoms with Crippen LogP contribution in [0.4, 0.5) is 5.69 Å². The van der Waals surface area contributed by atoms with Gasteiger partial charge in [0.1, 0.15) is 6.10 Å². The van der Waals surface area contributed by atoms with E-state index in [9.17, 15) is 4.79 Å². The lowest BCUT2D eigenvalue weighted by Crippen LogP contribution is -2.45. The maximum absolute atomic E-state index is 11.9. The molecule has 1 aliphatic rings. The van der Waals surface area contributed by atoms with Crippen LogP contribution >= 0.6 is 12.4 Å². The van der Waals surface area contributed by atoms with Crippen molar-refractivity contribution in [1.82, 2.24) is 5.32 Å². The van der Waals surface area contributed by atoms with Crippen molar-refractivity contribution in [3.05, 3.63) is 29.3 Å². The summed E-state index contributed by atoms with van der Waals surface area (Å²) in [5, 5.41) is 6.01. The van der Waals surface area contributed by atoms with Gasteiger partial charge in [0, 0.05) is 18.8 Å². The van der Waals surface area contributed by atoms with Crippen molar-refractivity contribution in [3.63, 3.8) is 0 Å². The number of amides is 1. The first-order valence-electron chi connectivity index (χ1n) is 5.87. The average Bonchev–Trinajstić information content (AvgIpc) is 2.35. The molecule has 2 N–H and O–H groups in total. The Balaban J connectivity index is 0.00000162. The molecule has 18 heavy (non-hydrogen) atoms. The first-order valence-corrected chi connectivity index (χ1v) is 5.87. The summed E-state index contributed by atoms with van der Waals surface area (Å²) >= 11 is 0. The zero-order valence-electron chi connectivity index (χ0n) is 10.7. The molecule has 1 heterocycles. The van der Waals surface area contributed by atoms with E-state index >= 15 is 0 Å². The first-order chi connectivity index (χ1) is 8.16. The average molecular weight is 271 g/mol. The standard InChI is InChI=1S/C13H18N2O2.ClH/c1-9-3-4-11(7-10(9)2)15-13(16)12-8-14-5-6-17-12;/h3-4,7,12,14H,5-6,8H2,1-2H3,(H,15,16);1H. The van der Waals surface area contributed by atoms with Crippen LogP contribution in [0.3, 0.4) is 0 Å². The van der Waals surface area contributed by atoms with E-state index in [2.05, 4.69) is 17.6 Å². The highest BCUT2D eigenvalue weighted by atomic mass is 35.5. The van der Waals surface area contributed by atoms with E-state index in [1.807, 2.05) is 25.1 Å². The summed E-state index contributed by atoms with van der Waals surface area (Å²) in [6.07, 6.45) is -0.384. The summed E-state index contributed by atoms with van der Waals surface area (Å²) in [5.74, 6) is -0.0829. The zero-order valence-corrected chi connectivity index (χ0v) is 11.5. The highest BCUT2D eigenvalue weighted by molar-refractivity contribution is 5.94. The molecule has 0 aromatic heterocycles. The number of ether oxygens (including phenoxy) is 1. The quantitative estimate of drug-likeness (QED) is 0.859. The van der Waals surface area contributed by atoms with Gasteiger partial charge in [0.05, 0.1) is 6.61 Å². The Kier molecular flexibility index (Phi) is 5.59. The van der Waals surface area contributed by atoms with E-state index < -0.39 is 0 Å². The van der Waals surface area contributed by atoms with Crippen molar-refractivity contribution in [2.24, 2.45) is 0 Å². The second kappa shape index (κ2) is 6.73. The number of nitrogens with one attached hydrogen (secondary N) is 2. The maximum Gasteiger partial charge on any atom is 0.254 e. The third-order valence-corrected chi connectivity index (χ3v) is 2.99. The second-order valence-corrected chi connectivity index (χ2v) is 4.35. The summed E-state index contributed by atoms with van der Waals surface area (Å²) in [5.41, 5.74) is 3.22. The number of hydrogen-bond acceptors (Lipinski definition) is 3. The third-order valence-electron chi connectivity index (χ3n) is 2.99. The van der Waals surface area contributed by atoms with Gasteiger partial charge in [-0.2, -0.15) is 0 Å². The van der Waals surface area contributed by atoms with Crippen LogP contribution in [0.15, 0.2) is 18.2 Å². The molecule has 1 unspecified atom stereocenters. The molecule has 1 aromatic carbocycles. The van der Waals surface area contributed by atoms with Crippen LogP contribution in [0.2, 0.25) is 0 Å². The zero-order chi connectivity index (χ0) is 12.3. The maximum atomic E-state index is 11.9. The van der Waals surface area contributed by atoms with E-state index in [0.29, 0.717) is 13.2 Å². The molecule has 0 saturated carbocycles. The summed E-state index contributed by atoms with van der Waals surface area (Å²) < 4.78 is 5.39. The van der Waals surface area contributed by atoms with Crippen LogP contribution in [0, 0.1) is 13.8 Å². The number of carbonyl (C=O) groups excluding carboxylic acids is 1. The highest BCUT2D eigenvalue weighted by Gasteiger charge is 2.21. The fourth-order valence-electron chi connectivity index (χ4n) is 1.78. The number of morpholine rings is 1. The molecule has 1 aliphatic heterocycles. The lowest BCUT2D eigenvalue weighted by molar-refractivity contribution is -0.128. The van der Waals surface area contributed by atoms with E-state index in [4.69, 9.17) is 4.74 Å². The van der Waals surface area contributed by atoms with Crippen molar-refractivity contribution in [2.75, 3.05) is 25.0 Å².